The topological polar surface area (TPSA) is 79.5 Å². The summed E-state index contributed by atoms with van der Waals surface area (Å²) < 4.78 is 0. The summed E-state index contributed by atoms with van der Waals surface area (Å²) in [5.41, 5.74) is 9.96. The first-order valence-corrected chi connectivity index (χ1v) is 9.39. The van der Waals surface area contributed by atoms with Gasteiger partial charge in [0.25, 0.3) is 0 Å². The highest BCUT2D eigenvalue weighted by Gasteiger charge is 2.06. The van der Waals surface area contributed by atoms with Crippen molar-refractivity contribution in [3.63, 3.8) is 0 Å². The molecule has 4 N–H and O–H groups in total. The van der Waals surface area contributed by atoms with Gasteiger partial charge in [-0.15, -0.1) is 0 Å². The van der Waals surface area contributed by atoms with Crippen LogP contribution in [-0.2, 0) is 11.3 Å². The van der Waals surface area contributed by atoms with E-state index < -0.39 is 0 Å². The maximum absolute atomic E-state index is 11.9. The molecule has 1 amide bonds. The summed E-state index contributed by atoms with van der Waals surface area (Å²) in [6, 6.07) is 15.8. The lowest BCUT2D eigenvalue weighted by Crippen LogP contribution is -2.22. The minimum atomic E-state index is 0.0249. The average molecular weight is 367 g/mol. The quantitative estimate of drug-likeness (QED) is 0.490. The summed E-state index contributed by atoms with van der Waals surface area (Å²) in [5, 5.41) is 6.06. The van der Waals surface area contributed by atoms with Crippen LogP contribution in [-0.4, -0.2) is 11.9 Å². The van der Waals surface area contributed by atoms with Crippen LogP contribution < -0.4 is 16.4 Å². The fourth-order valence-electron chi connectivity index (χ4n) is 2.67. The molecule has 0 heterocycles. The molecule has 0 saturated heterocycles. The van der Waals surface area contributed by atoms with Crippen molar-refractivity contribution in [3.8, 4) is 0 Å². The molecule has 27 heavy (non-hydrogen) atoms. The number of aliphatic imine (C=N–C) groups is 1. The Kier molecular flexibility index (Phi) is 7.41. The van der Waals surface area contributed by atoms with Crippen molar-refractivity contribution in [3.05, 3.63) is 59.7 Å². The summed E-state index contributed by atoms with van der Waals surface area (Å²) in [4.78, 5) is 16.3. The van der Waals surface area contributed by atoms with Gasteiger partial charge in [0, 0.05) is 17.8 Å². The molecule has 0 aromatic heterocycles. The van der Waals surface area contributed by atoms with Crippen molar-refractivity contribution < 1.29 is 4.79 Å². The van der Waals surface area contributed by atoms with E-state index in [-0.39, 0.29) is 5.91 Å². The molecule has 0 aliphatic rings. The van der Waals surface area contributed by atoms with Gasteiger partial charge in [0.05, 0.1) is 6.54 Å². The predicted octanol–water partition coefficient (Wildman–Crippen LogP) is 4.72. The standard InChI is InChI=1S/C22H30N4O/c1-15(2)11-21(27)25-19-9-5-7-17(12-19)14-24-22(23)26-20-10-6-8-18(13-20)16(3)4/h5-10,12-13,15-16H,11,14H2,1-4H3,(H,25,27)(H3,23,24,26). The third-order valence-corrected chi connectivity index (χ3v) is 4.06. The number of anilines is 2. The molecule has 5 heteroatoms. The molecule has 5 nitrogen and oxygen atoms in total. The third-order valence-electron chi connectivity index (χ3n) is 4.06. The summed E-state index contributed by atoms with van der Waals surface area (Å²) in [5.74, 6) is 1.18. The van der Waals surface area contributed by atoms with Gasteiger partial charge in [-0.3, -0.25) is 4.79 Å². The number of hydrogen-bond acceptors (Lipinski definition) is 2. The molecular weight excluding hydrogens is 336 g/mol. The summed E-state index contributed by atoms with van der Waals surface area (Å²) in [6.07, 6.45) is 0.509. The Morgan fingerprint density at radius 2 is 1.67 bits per heavy atom. The van der Waals surface area contributed by atoms with Crippen molar-refractivity contribution in [1.29, 1.82) is 0 Å². The molecule has 0 aliphatic carbocycles. The van der Waals surface area contributed by atoms with Gasteiger partial charge < -0.3 is 16.4 Å². The number of benzene rings is 2. The Morgan fingerprint density at radius 3 is 2.33 bits per heavy atom. The van der Waals surface area contributed by atoms with Crippen LogP contribution in [0.25, 0.3) is 0 Å². The average Bonchev–Trinajstić information content (AvgIpc) is 2.59. The number of guanidine groups is 1. The highest BCUT2D eigenvalue weighted by molar-refractivity contribution is 5.92. The number of nitrogens with zero attached hydrogens (tertiary/aromatic N) is 1. The Morgan fingerprint density at radius 1 is 1.00 bits per heavy atom. The van der Waals surface area contributed by atoms with E-state index >= 15 is 0 Å². The minimum Gasteiger partial charge on any atom is -0.370 e. The van der Waals surface area contributed by atoms with E-state index in [1.54, 1.807) is 0 Å². The fraction of sp³-hybridized carbons (Fsp3) is 0.364. The number of rotatable bonds is 7. The molecule has 144 valence electrons. The molecule has 0 saturated carbocycles. The Balaban J connectivity index is 1.97. The van der Waals surface area contributed by atoms with Crippen LogP contribution in [0.5, 0.6) is 0 Å². The zero-order valence-electron chi connectivity index (χ0n) is 16.6. The van der Waals surface area contributed by atoms with Crippen LogP contribution in [0.4, 0.5) is 11.4 Å². The van der Waals surface area contributed by atoms with Gasteiger partial charge in [0.2, 0.25) is 5.91 Å². The molecule has 0 fully saturated rings. The second-order valence-corrected chi connectivity index (χ2v) is 7.45. The van der Waals surface area contributed by atoms with E-state index in [0.29, 0.717) is 30.8 Å². The molecule has 2 aromatic rings. The molecular formula is C22H30N4O. The Bertz CT molecular complexity index is 796. The van der Waals surface area contributed by atoms with Crippen molar-refractivity contribution in [2.24, 2.45) is 16.6 Å². The Hall–Kier alpha value is -2.82. The fourth-order valence-corrected chi connectivity index (χ4v) is 2.67. The van der Waals surface area contributed by atoms with Gasteiger partial charge in [-0.25, -0.2) is 4.99 Å². The smallest absolute Gasteiger partial charge is 0.224 e. The summed E-state index contributed by atoms with van der Waals surface area (Å²) >= 11 is 0. The van der Waals surface area contributed by atoms with Crippen LogP contribution in [0, 0.1) is 5.92 Å². The van der Waals surface area contributed by atoms with Gasteiger partial charge in [-0.05, 0) is 47.2 Å². The van der Waals surface area contributed by atoms with Crippen LogP contribution in [0.3, 0.4) is 0 Å². The van der Waals surface area contributed by atoms with Crippen molar-refractivity contribution >= 4 is 23.2 Å². The third kappa shape index (κ3) is 7.13. The first kappa shape index (κ1) is 20.5. The molecule has 2 aromatic carbocycles. The molecule has 0 bridgehead atoms. The molecule has 0 aliphatic heterocycles. The number of nitrogens with one attached hydrogen (secondary N) is 2. The second kappa shape index (κ2) is 9.76. The van der Waals surface area contributed by atoms with E-state index in [2.05, 4.69) is 41.6 Å². The number of carbonyl (C=O) groups excluding carboxylic acids is 1. The normalized spacial score (nSPS) is 11.7. The number of carbonyl (C=O) groups is 1. The number of amides is 1. The second-order valence-electron chi connectivity index (χ2n) is 7.45. The first-order chi connectivity index (χ1) is 12.8. The van der Waals surface area contributed by atoms with Gasteiger partial charge >= 0.3 is 0 Å². The number of nitrogens with two attached hydrogens (primary N) is 1. The first-order valence-electron chi connectivity index (χ1n) is 9.39. The van der Waals surface area contributed by atoms with Crippen molar-refractivity contribution in [1.82, 2.24) is 0 Å². The van der Waals surface area contributed by atoms with Gasteiger partial charge in [-0.1, -0.05) is 52.0 Å². The zero-order chi connectivity index (χ0) is 19.8. The highest BCUT2D eigenvalue weighted by atomic mass is 16.1. The number of hydrogen-bond donors (Lipinski definition) is 3. The van der Waals surface area contributed by atoms with Crippen LogP contribution in [0.15, 0.2) is 53.5 Å². The predicted molar refractivity (Wildman–Crippen MR) is 114 cm³/mol. The maximum atomic E-state index is 11.9. The van der Waals surface area contributed by atoms with Gasteiger partial charge in [0.1, 0.15) is 0 Å². The lowest BCUT2D eigenvalue weighted by molar-refractivity contribution is -0.116. The molecule has 0 spiro atoms. The Labute approximate surface area is 162 Å². The van der Waals surface area contributed by atoms with Crippen LogP contribution in [0.2, 0.25) is 0 Å². The minimum absolute atomic E-state index is 0.0249. The highest BCUT2D eigenvalue weighted by Crippen LogP contribution is 2.18. The van der Waals surface area contributed by atoms with Crippen molar-refractivity contribution in [2.75, 3.05) is 10.6 Å². The van der Waals surface area contributed by atoms with E-state index in [1.807, 2.05) is 50.2 Å². The van der Waals surface area contributed by atoms with Crippen molar-refractivity contribution in [2.45, 2.75) is 46.6 Å². The molecule has 0 atom stereocenters. The van der Waals surface area contributed by atoms with E-state index in [1.165, 1.54) is 5.56 Å². The monoisotopic (exact) mass is 366 g/mol. The summed E-state index contributed by atoms with van der Waals surface area (Å²) in [7, 11) is 0. The van der Waals surface area contributed by atoms with Gasteiger partial charge in [0.15, 0.2) is 5.96 Å². The molecule has 0 unspecified atom stereocenters. The largest absolute Gasteiger partial charge is 0.370 e. The maximum Gasteiger partial charge on any atom is 0.224 e. The van der Waals surface area contributed by atoms with E-state index in [4.69, 9.17) is 5.73 Å². The van der Waals surface area contributed by atoms with Gasteiger partial charge in [-0.2, -0.15) is 0 Å². The summed E-state index contributed by atoms with van der Waals surface area (Å²) in [6.45, 7) is 8.80. The van der Waals surface area contributed by atoms with E-state index in [0.717, 1.165) is 16.9 Å². The lowest BCUT2D eigenvalue weighted by atomic mass is 10.0. The SMILES string of the molecule is CC(C)CC(=O)Nc1cccc(CN=C(N)Nc2cccc(C(C)C)c2)c1. The zero-order valence-corrected chi connectivity index (χ0v) is 16.6. The molecule has 0 radical (unpaired) electrons. The van der Waals surface area contributed by atoms with Crippen LogP contribution >= 0.6 is 0 Å². The molecule has 2 rings (SSSR count). The van der Waals surface area contributed by atoms with E-state index in [9.17, 15) is 4.79 Å². The lowest BCUT2D eigenvalue weighted by Gasteiger charge is -2.10. The van der Waals surface area contributed by atoms with Crippen LogP contribution in [0.1, 0.15) is 51.2 Å².